The van der Waals surface area contributed by atoms with Crippen molar-refractivity contribution in [3.8, 4) is 5.75 Å². The lowest BCUT2D eigenvalue weighted by molar-refractivity contribution is 0.184. The highest BCUT2D eigenvalue weighted by Gasteiger charge is 2.03. The van der Waals surface area contributed by atoms with Crippen molar-refractivity contribution >= 4 is 11.6 Å². The molecule has 5 heteroatoms. The molecule has 0 saturated carbocycles. The summed E-state index contributed by atoms with van der Waals surface area (Å²) in [5.74, 6) is 0.688. The van der Waals surface area contributed by atoms with Crippen LogP contribution in [0.3, 0.4) is 0 Å². The summed E-state index contributed by atoms with van der Waals surface area (Å²) >= 11 is 5.80. The highest BCUT2D eigenvalue weighted by atomic mass is 35.5. The van der Waals surface area contributed by atoms with E-state index in [1.165, 1.54) is 0 Å². The smallest absolute Gasteiger partial charge is 0.139 e. The van der Waals surface area contributed by atoms with Gasteiger partial charge in [0, 0.05) is 32.5 Å². The third-order valence-corrected chi connectivity index (χ3v) is 2.14. The van der Waals surface area contributed by atoms with Crippen molar-refractivity contribution in [2.45, 2.75) is 13.0 Å². The Kier molecular flexibility index (Phi) is 6.15. The molecule has 0 aromatic carbocycles. The molecule has 1 aromatic rings. The molecule has 0 aliphatic carbocycles. The minimum Gasteiger partial charge on any atom is -0.488 e. The van der Waals surface area contributed by atoms with Crippen LogP contribution in [0, 0.1) is 0 Å². The number of nitrogens with one attached hydrogen (secondary N) is 1. The first-order valence-electron chi connectivity index (χ1n) is 5.19. The third-order valence-electron chi connectivity index (χ3n) is 1.93. The quantitative estimate of drug-likeness (QED) is 0.742. The second-order valence-corrected chi connectivity index (χ2v) is 3.90. The minimum atomic E-state index is 0.0668. The molecule has 0 spiro atoms. The van der Waals surface area contributed by atoms with Crippen LogP contribution >= 0.6 is 11.6 Å². The van der Waals surface area contributed by atoms with Gasteiger partial charge in [-0.15, -0.1) is 0 Å². The number of aromatic nitrogens is 1. The molecule has 1 N–H and O–H groups in total. The predicted molar refractivity (Wildman–Crippen MR) is 64.1 cm³/mol. The van der Waals surface area contributed by atoms with Crippen LogP contribution in [0.25, 0.3) is 0 Å². The zero-order chi connectivity index (χ0) is 11.8. The van der Waals surface area contributed by atoms with Crippen LogP contribution in [0.1, 0.15) is 6.92 Å². The topological polar surface area (TPSA) is 43.4 Å². The van der Waals surface area contributed by atoms with Gasteiger partial charge in [0.15, 0.2) is 0 Å². The summed E-state index contributed by atoms with van der Waals surface area (Å²) in [5.41, 5.74) is 0. The molecular weight excluding hydrogens is 228 g/mol. The Labute approximate surface area is 101 Å². The SMILES string of the molecule is COCCNCC(C)Oc1cncc(Cl)c1. The van der Waals surface area contributed by atoms with E-state index in [1.807, 2.05) is 6.92 Å². The number of pyridine rings is 1. The van der Waals surface area contributed by atoms with E-state index in [-0.39, 0.29) is 6.10 Å². The molecule has 0 aliphatic rings. The summed E-state index contributed by atoms with van der Waals surface area (Å²) in [6.07, 6.45) is 3.30. The molecule has 4 nitrogen and oxygen atoms in total. The first-order chi connectivity index (χ1) is 7.72. The average molecular weight is 245 g/mol. The monoisotopic (exact) mass is 244 g/mol. The molecule has 1 unspecified atom stereocenters. The van der Waals surface area contributed by atoms with Gasteiger partial charge < -0.3 is 14.8 Å². The van der Waals surface area contributed by atoms with Gasteiger partial charge in [-0.05, 0) is 6.92 Å². The number of hydrogen-bond acceptors (Lipinski definition) is 4. The second kappa shape index (κ2) is 7.44. The van der Waals surface area contributed by atoms with Gasteiger partial charge in [-0.25, -0.2) is 0 Å². The van der Waals surface area contributed by atoms with Crippen molar-refractivity contribution in [2.24, 2.45) is 0 Å². The predicted octanol–water partition coefficient (Wildman–Crippen LogP) is 1.74. The van der Waals surface area contributed by atoms with Crippen molar-refractivity contribution in [1.82, 2.24) is 10.3 Å². The molecule has 1 aromatic heterocycles. The van der Waals surface area contributed by atoms with Gasteiger partial charge in [-0.2, -0.15) is 0 Å². The molecule has 0 fully saturated rings. The summed E-state index contributed by atoms with van der Waals surface area (Å²) in [6, 6.07) is 1.75. The maximum atomic E-state index is 5.80. The Morgan fingerprint density at radius 2 is 2.31 bits per heavy atom. The second-order valence-electron chi connectivity index (χ2n) is 3.46. The standard InChI is InChI=1S/C11H17ClN2O2/c1-9(6-13-3-4-15-2)16-11-5-10(12)7-14-8-11/h5,7-9,13H,3-4,6H2,1-2H3. The number of halogens is 1. The van der Waals surface area contributed by atoms with Crippen LogP contribution in [-0.2, 0) is 4.74 Å². The van der Waals surface area contributed by atoms with E-state index < -0.39 is 0 Å². The zero-order valence-electron chi connectivity index (χ0n) is 9.57. The van der Waals surface area contributed by atoms with Gasteiger partial charge in [-0.3, -0.25) is 4.98 Å². The molecule has 0 aliphatic heterocycles. The number of nitrogens with zero attached hydrogens (tertiary/aromatic N) is 1. The lowest BCUT2D eigenvalue weighted by Gasteiger charge is -2.15. The van der Waals surface area contributed by atoms with E-state index in [0.717, 1.165) is 13.1 Å². The minimum absolute atomic E-state index is 0.0668. The lowest BCUT2D eigenvalue weighted by Crippen LogP contribution is -2.31. The van der Waals surface area contributed by atoms with Gasteiger partial charge in [-0.1, -0.05) is 11.6 Å². The number of methoxy groups -OCH3 is 1. The Morgan fingerprint density at radius 3 is 3.00 bits per heavy atom. The maximum absolute atomic E-state index is 5.80. The molecule has 1 atom stereocenters. The molecule has 1 rings (SSSR count). The fraction of sp³-hybridized carbons (Fsp3) is 0.545. The number of rotatable bonds is 7. The Morgan fingerprint density at radius 1 is 1.50 bits per heavy atom. The Balaban J connectivity index is 2.25. The van der Waals surface area contributed by atoms with E-state index in [0.29, 0.717) is 17.4 Å². The summed E-state index contributed by atoms with van der Waals surface area (Å²) in [4.78, 5) is 3.95. The first kappa shape index (κ1) is 13.2. The van der Waals surface area contributed by atoms with E-state index in [1.54, 1.807) is 25.6 Å². The van der Waals surface area contributed by atoms with Crippen molar-refractivity contribution in [1.29, 1.82) is 0 Å². The number of ether oxygens (including phenoxy) is 2. The van der Waals surface area contributed by atoms with Gasteiger partial charge in [0.1, 0.15) is 11.9 Å². The average Bonchev–Trinajstić information content (AvgIpc) is 2.24. The highest BCUT2D eigenvalue weighted by molar-refractivity contribution is 6.30. The van der Waals surface area contributed by atoms with Crippen LogP contribution in [0.4, 0.5) is 0 Å². The van der Waals surface area contributed by atoms with E-state index in [4.69, 9.17) is 21.1 Å². The molecule has 16 heavy (non-hydrogen) atoms. The van der Waals surface area contributed by atoms with Gasteiger partial charge in [0.2, 0.25) is 0 Å². The van der Waals surface area contributed by atoms with Crippen LogP contribution in [0.5, 0.6) is 5.75 Å². The number of hydrogen-bond donors (Lipinski definition) is 1. The molecule has 90 valence electrons. The van der Waals surface area contributed by atoms with Crippen molar-refractivity contribution < 1.29 is 9.47 Å². The fourth-order valence-electron chi connectivity index (χ4n) is 1.21. The maximum Gasteiger partial charge on any atom is 0.139 e. The summed E-state index contributed by atoms with van der Waals surface area (Å²) < 4.78 is 10.6. The Bertz CT molecular complexity index is 310. The molecular formula is C11H17ClN2O2. The lowest BCUT2D eigenvalue weighted by atomic mass is 10.4. The molecule has 0 radical (unpaired) electrons. The normalized spacial score (nSPS) is 12.4. The highest BCUT2D eigenvalue weighted by Crippen LogP contribution is 2.16. The summed E-state index contributed by atoms with van der Waals surface area (Å²) in [7, 11) is 1.68. The van der Waals surface area contributed by atoms with E-state index >= 15 is 0 Å². The van der Waals surface area contributed by atoms with Gasteiger partial charge in [0.25, 0.3) is 0 Å². The van der Waals surface area contributed by atoms with Crippen LogP contribution in [-0.4, -0.2) is 37.9 Å². The van der Waals surface area contributed by atoms with Gasteiger partial charge >= 0.3 is 0 Å². The molecule has 0 bridgehead atoms. The first-order valence-corrected chi connectivity index (χ1v) is 5.57. The van der Waals surface area contributed by atoms with E-state index in [9.17, 15) is 0 Å². The van der Waals surface area contributed by atoms with Crippen molar-refractivity contribution in [2.75, 3.05) is 26.8 Å². The molecule has 0 saturated heterocycles. The van der Waals surface area contributed by atoms with Crippen LogP contribution in [0.15, 0.2) is 18.5 Å². The fourth-order valence-corrected chi connectivity index (χ4v) is 1.37. The van der Waals surface area contributed by atoms with E-state index in [2.05, 4.69) is 10.3 Å². The van der Waals surface area contributed by atoms with Crippen molar-refractivity contribution in [3.63, 3.8) is 0 Å². The zero-order valence-corrected chi connectivity index (χ0v) is 10.3. The van der Waals surface area contributed by atoms with Crippen molar-refractivity contribution in [3.05, 3.63) is 23.5 Å². The van der Waals surface area contributed by atoms with Crippen LogP contribution < -0.4 is 10.1 Å². The summed E-state index contributed by atoms with van der Waals surface area (Å²) in [5, 5.41) is 3.80. The van der Waals surface area contributed by atoms with Crippen LogP contribution in [0.2, 0.25) is 5.02 Å². The molecule has 0 amide bonds. The van der Waals surface area contributed by atoms with Gasteiger partial charge in [0.05, 0.1) is 17.8 Å². The summed E-state index contributed by atoms with van der Waals surface area (Å²) in [6.45, 7) is 4.26. The largest absolute Gasteiger partial charge is 0.488 e. The Hall–Kier alpha value is -0.840. The third kappa shape index (κ3) is 5.30. The molecule has 1 heterocycles.